The first-order valence-corrected chi connectivity index (χ1v) is 9.70. The molecule has 2 aliphatic rings. The molecular formula is C20H35N. The van der Waals surface area contributed by atoms with Gasteiger partial charge in [0, 0.05) is 6.42 Å². The molecule has 0 aromatic carbocycles. The van der Waals surface area contributed by atoms with E-state index in [1.165, 1.54) is 77.0 Å². The summed E-state index contributed by atoms with van der Waals surface area (Å²) in [6.45, 7) is 2.34. The molecular weight excluding hydrogens is 254 g/mol. The van der Waals surface area contributed by atoms with Crippen LogP contribution in [0, 0.1) is 35.0 Å². The van der Waals surface area contributed by atoms with E-state index in [1.54, 1.807) is 0 Å². The number of nitrogens with zero attached hydrogens (tertiary/aromatic N) is 1. The summed E-state index contributed by atoms with van der Waals surface area (Å²) in [5, 5.41) is 8.58. The van der Waals surface area contributed by atoms with Gasteiger partial charge in [0.2, 0.25) is 0 Å². The van der Waals surface area contributed by atoms with E-state index >= 15 is 0 Å². The summed E-state index contributed by atoms with van der Waals surface area (Å²) in [5.74, 6) is 4.17. The van der Waals surface area contributed by atoms with Crippen molar-refractivity contribution in [2.24, 2.45) is 23.7 Å². The van der Waals surface area contributed by atoms with Gasteiger partial charge in [0.15, 0.2) is 0 Å². The molecule has 2 rings (SSSR count). The second-order valence-electron chi connectivity index (χ2n) is 7.75. The minimum atomic E-state index is 0.760. The highest BCUT2D eigenvalue weighted by atomic mass is 14.4. The zero-order valence-electron chi connectivity index (χ0n) is 14.2. The van der Waals surface area contributed by atoms with E-state index in [-0.39, 0.29) is 0 Å². The Bertz CT molecular complexity index is 300. The van der Waals surface area contributed by atoms with Gasteiger partial charge in [0.05, 0.1) is 6.07 Å². The van der Waals surface area contributed by atoms with E-state index in [1.807, 2.05) is 0 Å². The predicted molar refractivity (Wildman–Crippen MR) is 89.9 cm³/mol. The summed E-state index contributed by atoms with van der Waals surface area (Å²) < 4.78 is 0. The van der Waals surface area contributed by atoms with Gasteiger partial charge in [-0.15, -0.1) is 0 Å². The van der Waals surface area contributed by atoms with Crippen LogP contribution >= 0.6 is 0 Å². The van der Waals surface area contributed by atoms with Gasteiger partial charge < -0.3 is 0 Å². The summed E-state index contributed by atoms with van der Waals surface area (Å²) in [4.78, 5) is 0. The number of hydrogen-bond acceptors (Lipinski definition) is 1. The Morgan fingerprint density at radius 3 is 1.76 bits per heavy atom. The predicted octanol–water partition coefficient (Wildman–Crippen LogP) is 6.48. The van der Waals surface area contributed by atoms with Gasteiger partial charge >= 0.3 is 0 Å². The SMILES string of the molecule is CCCC1CCC(C2CCC(CCCCC#N)CC2)CC1. The van der Waals surface area contributed by atoms with Crippen molar-refractivity contribution in [3.63, 3.8) is 0 Å². The molecule has 0 aliphatic heterocycles. The lowest BCUT2D eigenvalue weighted by atomic mass is 9.68. The highest BCUT2D eigenvalue weighted by Gasteiger charge is 2.30. The van der Waals surface area contributed by atoms with Crippen LogP contribution in [0.15, 0.2) is 0 Å². The van der Waals surface area contributed by atoms with Gasteiger partial charge in [0.25, 0.3) is 0 Å². The summed E-state index contributed by atoms with van der Waals surface area (Å²) in [6, 6.07) is 2.27. The molecule has 0 heterocycles. The fourth-order valence-electron chi connectivity index (χ4n) is 4.94. The summed E-state index contributed by atoms with van der Waals surface area (Å²) in [5.41, 5.74) is 0. The molecule has 0 radical (unpaired) electrons. The van der Waals surface area contributed by atoms with Crippen molar-refractivity contribution in [3.05, 3.63) is 0 Å². The maximum atomic E-state index is 8.58. The monoisotopic (exact) mass is 289 g/mol. The first kappa shape index (κ1) is 16.9. The van der Waals surface area contributed by atoms with Gasteiger partial charge in [-0.3, -0.25) is 0 Å². The maximum absolute atomic E-state index is 8.58. The highest BCUT2D eigenvalue weighted by molar-refractivity contribution is 4.82. The molecule has 0 amide bonds. The Kier molecular flexibility index (Phi) is 7.62. The summed E-state index contributed by atoms with van der Waals surface area (Å²) >= 11 is 0. The minimum Gasteiger partial charge on any atom is -0.198 e. The van der Waals surface area contributed by atoms with E-state index in [0.717, 1.165) is 36.5 Å². The topological polar surface area (TPSA) is 23.8 Å². The Morgan fingerprint density at radius 2 is 1.29 bits per heavy atom. The Balaban J connectivity index is 1.60. The molecule has 0 unspecified atom stereocenters. The fourth-order valence-corrected chi connectivity index (χ4v) is 4.94. The van der Waals surface area contributed by atoms with E-state index in [2.05, 4.69) is 13.0 Å². The van der Waals surface area contributed by atoms with Crippen molar-refractivity contribution in [3.8, 4) is 6.07 Å². The zero-order chi connectivity index (χ0) is 14.9. The van der Waals surface area contributed by atoms with Crippen molar-refractivity contribution in [2.75, 3.05) is 0 Å². The van der Waals surface area contributed by atoms with Gasteiger partial charge in [-0.05, 0) is 55.8 Å². The number of rotatable bonds is 7. The van der Waals surface area contributed by atoms with Crippen LogP contribution in [0.1, 0.15) is 96.8 Å². The molecule has 0 atom stereocenters. The third kappa shape index (κ3) is 5.65. The average molecular weight is 290 g/mol. The van der Waals surface area contributed by atoms with Gasteiger partial charge in [-0.25, -0.2) is 0 Å². The van der Waals surface area contributed by atoms with E-state index in [9.17, 15) is 0 Å². The van der Waals surface area contributed by atoms with Gasteiger partial charge in [0.1, 0.15) is 0 Å². The van der Waals surface area contributed by atoms with Crippen LogP contribution in [-0.2, 0) is 0 Å². The van der Waals surface area contributed by atoms with Crippen LogP contribution in [-0.4, -0.2) is 0 Å². The molecule has 0 bridgehead atoms. The van der Waals surface area contributed by atoms with Crippen LogP contribution in [0.4, 0.5) is 0 Å². The van der Waals surface area contributed by atoms with Crippen LogP contribution in [0.3, 0.4) is 0 Å². The van der Waals surface area contributed by atoms with Crippen molar-refractivity contribution >= 4 is 0 Å². The second kappa shape index (κ2) is 9.50. The van der Waals surface area contributed by atoms with Crippen molar-refractivity contribution in [1.29, 1.82) is 5.26 Å². The molecule has 2 fully saturated rings. The van der Waals surface area contributed by atoms with Crippen molar-refractivity contribution in [2.45, 2.75) is 96.8 Å². The van der Waals surface area contributed by atoms with Gasteiger partial charge in [-0.1, -0.05) is 58.3 Å². The van der Waals surface area contributed by atoms with Crippen LogP contribution < -0.4 is 0 Å². The smallest absolute Gasteiger partial charge is 0.0621 e. The van der Waals surface area contributed by atoms with Gasteiger partial charge in [-0.2, -0.15) is 5.26 Å². The Hall–Kier alpha value is -0.510. The Labute approximate surface area is 132 Å². The standard InChI is InChI=1S/C20H35N/c1-2-6-17-8-12-19(13-9-17)20-14-10-18(11-15-20)7-4-3-5-16-21/h17-20H,2-15H2,1H3. The Morgan fingerprint density at radius 1 is 0.762 bits per heavy atom. The molecule has 0 spiro atoms. The molecule has 0 N–H and O–H groups in total. The van der Waals surface area contributed by atoms with E-state index in [4.69, 9.17) is 5.26 Å². The van der Waals surface area contributed by atoms with Crippen LogP contribution in [0.5, 0.6) is 0 Å². The van der Waals surface area contributed by atoms with E-state index in [0.29, 0.717) is 0 Å². The molecule has 1 nitrogen and oxygen atoms in total. The summed E-state index contributed by atoms with van der Waals surface area (Å²) in [7, 11) is 0. The quantitative estimate of drug-likeness (QED) is 0.492. The first-order chi connectivity index (χ1) is 10.3. The molecule has 120 valence electrons. The lowest BCUT2D eigenvalue weighted by Gasteiger charge is -2.38. The molecule has 1 heteroatoms. The normalized spacial score (nSPS) is 33.5. The zero-order valence-corrected chi connectivity index (χ0v) is 14.2. The number of nitriles is 1. The minimum absolute atomic E-state index is 0.760. The average Bonchev–Trinajstić information content (AvgIpc) is 2.53. The molecule has 2 saturated carbocycles. The molecule has 0 aromatic heterocycles. The third-order valence-corrected chi connectivity index (χ3v) is 6.30. The molecule has 0 aromatic rings. The van der Waals surface area contributed by atoms with E-state index < -0.39 is 0 Å². The van der Waals surface area contributed by atoms with Crippen LogP contribution in [0.2, 0.25) is 0 Å². The fraction of sp³-hybridized carbons (Fsp3) is 0.950. The first-order valence-electron chi connectivity index (χ1n) is 9.70. The lowest BCUT2D eigenvalue weighted by Crippen LogP contribution is -2.25. The number of hydrogen-bond donors (Lipinski definition) is 0. The van der Waals surface area contributed by atoms with Crippen LogP contribution in [0.25, 0.3) is 0 Å². The van der Waals surface area contributed by atoms with Crippen molar-refractivity contribution in [1.82, 2.24) is 0 Å². The third-order valence-electron chi connectivity index (χ3n) is 6.30. The molecule has 2 aliphatic carbocycles. The molecule has 0 saturated heterocycles. The maximum Gasteiger partial charge on any atom is 0.0621 e. The second-order valence-corrected chi connectivity index (χ2v) is 7.75. The lowest BCUT2D eigenvalue weighted by molar-refractivity contribution is 0.140. The molecule has 21 heavy (non-hydrogen) atoms. The number of unbranched alkanes of at least 4 members (excludes halogenated alkanes) is 2. The largest absolute Gasteiger partial charge is 0.198 e. The van der Waals surface area contributed by atoms with Crippen molar-refractivity contribution < 1.29 is 0 Å². The highest BCUT2D eigenvalue weighted by Crippen LogP contribution is 2.42. The summed E-state index contributed by atoms with van der Waals surface area (Å²) in [6.07, 6.45) is 19.5.